The van der Waals surface area contributed by atoms with Crippen LogP contribution in [0.15, 0.2) is 24.3 Å². The fraction of sp³-hybridized carbons (Fsp3) is 0.429. The van der Waals surface area contributed by atoms with Crippen LogP contribution in [0, 0.1) is 12.8 Å². The summed E-state index contributed by atoms with van der Waals surface area (Å²) in [4.78, 5) is 24.8. The van der Waals surface area contributed by atoms with Crippen molar-refractivity contribution in [3.63, 3.8) is 0 Å². The van der Waals surface area contributed by atoms with E-state index in [9.17, 15) is 24.9 Å². The Kier molecular flexibility index (Phi) is 6.99. The van der Waals surface area contributed by atoms with Crippen molar-refractivity contribution in [2.45, 2.75) is 45.5 Å². The summed E-state index contributed by atoms with van der Waals surface area (Å²) in [5, 5.41) is 30.5. The van der Waals surface area contributed by atoms with Gasteiger partial charge in [-0.3, -0.25) is 4.79 Å². The zero-order valence-electron chi connectivity index (χ0n) is 16.4. The largest absolute Gasteiger partial charge is 0.507 e. The van der Waals surface area contributed by atoms with Gasteiger partial charge in [0.05, 0.1) is 13.2 Å². The number of phenols is 1. The lowest BCUT2D eigenvalue weighted by Crippen LogP contribution is -2.32. The molecule has 3 N–H and O–H groups in total. The highest BCUT2D eigenvalue weighted by atomic mass is 16.5. The van der Waals surface area contributed by atoms with Crippen molar-refractivity contribution in [3.8, 4) is 11.5 Å². The van der Waals surface area contributed by atoms with Gasteiger partial charge in [0, 0.05) is 11.5 Å². The second-order valence-electron chi connectivity index (χ2n) is 6.92. The summed E-state index contributed by atoms with van der Waals surface area (Å²) in [6.07, 6.45) is 2.15. The Hall–Kier alpha value is -2.64. The lowest BCUT2D eigenvalue weighted by molar-refractivity contribution is -0.127. The predicted octanol–water partition coefficient (Wildman–Crippen LogP) is 2.15. The van der Waals surface area contributed by atoms with Gasteiger partial charge in [-0.25, -0.2) is 4.79 Å². The SMILES string of the molecule is COc1c(C)cc(O)c2c1/C=C/C[C@H](O)[C@H](O)C(=O)/C=C\[C@@H](C)[C@H](C)OC2=O. The number of hydrogen-bond acceptors (Lipinski definition) is 7. The van der Waals surface area contributed by atoms with Crippen molar-refractivity contribution in [1.82, 2.24) is 0 Å². The molecule has 1 heterocycles. The molecule has 0 spiro atoms. The molecule has 1 aromatic rings. The van der Waals surface area contributed by atoms with Gasteiger partial charge in [-0.2, -0.15) is 0 Å². The molecule has 28 heavy (non-hydrogen) atoms. The van der Waals surface area contributed by atoms with Gasteiger partial charge in [0.1, 0.15) is 29.3 Å². The summed E-state index contributed by atoms with van der Waals surface area (Å²) in [6, 6.07) is 1.42. The Morgan fingerprint density at radius 1 is 1.18 bits per heavy atom. The van der Waals surface area contributed by atoms with Crippen LogP contribution >= 0.6 is 0 Å². The molecular weight excluding hydrogens is 364 g/mol. The number of cyclic esters (lactones) is 1. The molecule has 0 bridgehead atoms. The van der Waals surface area contributed by atoms with Crippen LogP contribution in [0.3, 0.4) is 0 Å². The molecule has 152 valence electrons. The van der Waals surface area contributed by atoms with Gasteiger partial charge in [0.2, 0.25) is 0 Å². The number of phenolic OH excluding ortho intramolecular Hbond substituents is 1. The number of aryl methyl sites for hydroxylation is 1. The van der Waals surface area contributed by atoms with E-state index in [0.717, 1.165) is 0 Å². The number of esters is 1. The van der Waals surface area contributed by atoms with Crippen molar-refractivity contribution < 1.29 is 34.4 Å². The van der Waals surface area contributed by atoms with Crippen LogP contribution in [-0.4, -0.2) is 52.5 Å². The van der Waals surface area contributed by atoms with Crippen LogP contribution in [0.5, 0.6) is 11.5 Å². The zero-order chi connectivity index (χ0) is 21.0. The number of hydrogen-bond donors (Lipinski definition) is 3. The smallest absolute Gasteiger partial charge is 0.342 e. The molecule has 0 aromatic heterocycles. The van der Waals surface area contributed by atoms with Gasteiger partial charge < -0.3 is 24.8 Å². The highest BCUT2D eigenvalue weighted by Crippen LogP contribution is 2.35. The van der Waals surface area contributed by atoms with Gasteiger partial charge in [-0.1, -0.05) is 25.2 Å². The van der Waals surface area contributed by atoms with E-state index in [0.29, 0.717) is 16.9 Å². The highest BCUT2D eigenvalue weighted by molar-refractivity contribution is 5.98. The summed E-state index contributed by atoms with van der Waals surface area (Å²) in [7, 11) is 1.44. The summed E-state index contributed by atoms with van der Waals surface area (Å²) >= 11 is 0. The molecule has 2 rings (SSSR count). The third-order valence-corrected chi connectivity index (χ3v) is 4.81. The molecule has 0 fully saturated rings. The van der Waals surface area contributed by atoms with E-state index >= 15 is 0 Å². The summed E-state index contributed by atoms with van der Waals surface area (Å²) in [5.41, 5.74) is 0.854. The monoisotopic (exact) mass is 390 g/mol. The number of rotatable bonds is 1. The molecule has 0 saturated heterocycles. The molecule has 0 saturated carbocycles. The van der Waals surface area contributed by atoms with E-state index in [-0.39, 0.29) is 23.7 Å². The summed E-state index contributed by atoms with van der Waals surface area (Å²) in [6.45, 7) is 5.12. The molecule has 7 heteroatoms. The first-order valence-corrected chi connectivity index (χ1v) is 9.03. The van der Waals surface area contributed by atoms with Gasteiger partial charge in [-0.15, -0.1) is 0 Å². The molecule has 0 aliphatic carbocycles. The standard InChI is InChI=1S/C21H26O7/c1-11-8-9-16(23)19(25)15(22)7-5-6-14-18(21(26)28-13(11)3)17(24)10-12(2)20(14)27-4/h5-6,8-11,13,15,19,22,24-25H,7H2,1-4H3/b6-5+,9-8-/t11-,13+,15+,19+/m1/s1. The van der Waals surface area contributed by atoms with Crippen molar-refractivity contribution in [2.24, 2.45) is 5.92 Å². The van der Waals surface area contributed by atoms with E-state index in [1.165, 1.54) is 37.5 Å². The molecule has 0 amide bonds. The van der Waals surface area contributed by atoms with Gasteiger partial charge in [0.25, 0.3) is 0 Å². The number of aliphatic hydroxyl groups is 2. The minimum atomic E-state index is -1.57. The number of fused-ring (bicyclic) bond motifs is 1. The molecule has 1 aromatic carbocycles. The van der Waals surface area contributed by atoms with Crippen molar-refractivity contribution in [1.29, 1.82) is 0 Å². The Balaban J connectivity index is 2.59. The Morgan fingerprint density at radius 2 is 1.86 bits per heavy atom. The van der Waals surface area contributed by atoms with Crippen molar-refractivity contribution in [3.05, 3.63) is 41.0 Å². The molecule has 1 aliphatic heterocycles. The summed E-state index contributed by atoms with van der Waals surface area (Å²) in [5.74, 6) is -1.57. The lowest BCUT2D eigenvalue weighted by atomic mass is 9.98. The number of methoxy groups -OCH3 is 1. The molecule has 0 unspecified atom stereocenters. The molecule has 7 nitrogen and oxygen atoms in total. The number of carbonyl (C=O) groups excluding carboxylic acids is 2. The van der Waals surface area contributed by atoms with Gasteiger partial charge >= 0.3 is 5.97 Å². The number of carbonyl (C=O) groups is 2. The Labute approximate surface area is 163 Å². The first-order chi connectivity index (χ1) is 13.2. The Morgan fingerprint density at radius 3 is 2.50 bits per heavy atom. The second kappa shape index (κ2) is 9.03. The van der Waals surface area contributed by atoms with Crippen molar-refractivity contribution >= 4 is 17.8 Å². The van der Waals surface area contributed by atoms with E-state index in [4.69, 9.17) is 9.47 Å². The summed E-state index contributed by atoms with van der Waals surface area (Å²) < 4.78 is 10.9. The second-order valence-corrected chi connectivity index (χ2v) is 6.92. The average Bonchev–Trinajstić information content (AvgIpc) is 2.63. The lowest BCUT2D eigenvalue weighted by Gasteiger charge is -2.21. The maximum Gasteiger partial charge on any atom is 0.342 e. The third kappa shape index (κ3) is 4.61. The van der Waals surface area contributed by atoms with Gasteiger partial charge in [-0.05, 0) is 38.0 Å². The minimum Gasteiger partial charge on any atom is -0.507 e. The van der Waals surface area contributed by atoms with E-state index in [1.54, 1.807) is 20.8 Å². The van der Waals surface area contributed by atoms with Crippen LogP contribution < -0.4 is 4.74 Å². The van der Waals surface area contributed by atoms with E-state index in [1.807, 2.05) is 0 Å². The van der Waals surface area contributed by atoms with Crippen LogP contribution in [0.25, 0.3) is 6.08 Å². The average molecular weight is 390 g/mol. The first-order valence-electron chi connectivity index (χ1n) is 9.03. The molecular formula is C21H26O7. The van der Waals surface area contributed by atoms with Crippen LogP contribution in [0.1, 0.15) is 41.8 Å². The van der Waals surface area contributed by atoms with Gasteiger partial charge in [0.15, 0.2) is 5.78 Å². The molecule has 4 atom stereocenters. The zero-order valence-corrected chi connectivity index (χ0v) is 16.4. The molecule has 0 radical (unpaired) electrons. The van der Waals surface area contributed by atoms with E-state index in [2.05, 4.69) is 0 Å². The highest BCUT2D eigenvalue weighted by Gasteiger charge is 2.26. The van der Waals surface area contributed by atoms with Crippen LogP contribution in [0.4, 0.5) is 0 Å². The number of benzene rings is 1. The third-order valence-electron chi connectivity index (χ3n) is 4.81. The number of ketones is 1. The molecule has 1 aliphatic rings. The topological polar surface area (TPSA) is 113 Å². The normalized spacial score (nSPS) is 28.6. The fourth-order valence-corrected chi connectivity index (χ4v) is 2.93. The van der Waals surface area contributed by atoms with E-state index < -0.39 is 30.1 Å². The number of aromatic hydroxyl groups is 1. The maximum absolute atomic E-state index is 12.8. The fourth-order valence-electron chi connectivity index (χ4n) is 2.93. The van der Waals surface area contributed by atoms with Crippen molar-refractivity contribution in [2.75, 3.05) is 7.11 Å². The first kappa shape index (κ1) is 21.7. The van der Waals surface area contributed by atoms with Crippen LogP contribution in [0.2, 0.25) is 0 Å². The van der Waals surface area contributed by atoms with Crippen LogP contribution in [-0.2, 0) is 9.53 Å². The number of aliphatic hydroxyl groups excluding tert-OH is 2. The number of ether oxygens (including phenoxy) is 2. The Bertz CT molecular complexity index is 809. The quantitative estimate of drug-likeness (QED) is 0.630. The maximum atomic E-state index is 12.8. The predicted molar refractivity (Wildman–Crippen MR) is 103 cm³/mol. The minimum absolute atomic E-state index is 0.0426.